The summed E-state index contributed by atoms with van der Waals surface area (Å²) in [5.41, 5.74) is 1.46. The highest BCUT2D eigenvalue weighted by Crippen LogP contribution is 2.34. The number of rotatable bonds is 3. The Labute approximate surface area is 171 Å². The summed E-state index contributed by atoms with van der Waals surface area (Å²) in [6, 6.07) is 14.0. The average molecular weight is 404 g/mol. The van der Waals surface area contributed by atoms with E-state index in [-0.39, 0.29) is 29.2 Å². The fourth-order valence-corrected chi connectivity index (χ4v) is 4.46. The van der Waals surface area contributed by atoms with E-state index in [2.05, 4.69) is 20.5 Å². The molecule has 0 atom stereocenters. The summed E-state index contributed by atoms with van der Waals surface area (Å²) in [5.74, 6) is -0.351. The highest BCUT2D eigenvalue weighted by atomic mass is 19.1. The number of nitrogens with one attached hydrogen (secondary N) is 3. The van der Waals surface area contributed by atoms with Crippen LogP contribution in [0.4, 0.5) is 4.39 Å². The first-order valence-corrected chi connectivity index (χ1v) is 10.2. The van der Waals surface area contributed by atoms with Gasteiger partial charge in [0.25, 0.3) is 11.5 Å². The highest BCUT2D eigenvalue weighted by Gasteiger charge is 2.26. The van der Waals surface area contributed by atoms with Gasteiger partial charge in [0.2, 0.25) is 0 Å². The van der Waals surface area contributed by atoms with E-state index in [0.717, 1.165) is 36.8 Å². The summed E-state index contributed by atoms with van der Waals surface area (Å²) in [5, 5.41) is 12.2. The van der Waals surface area contributed by atoms with E-state index in [1.807, 2.05) is 24.3 Å². The fourth-order valence-electron chi connectivity index (χ4n) is 4.46. The zero-order valence-corrected chi connectivity index (χ0v) is 16.2. The number of carbonyl (C=O) groups is 1. The number of hydrogen-bond donors (Lipinski definition) is 3. The number of carbonyl (C=O) groups excluding carboxylic acids is 1. The molecular formula is C23H21FN4O2. The molecule has 0 bridgehead atoms. The maximum Gasteiger partial charge on any atom is 0.272 e. The van der Waals surface area contributed by atoms with Crippen LogP contribution in [0.3, 0.4) is 0 Å². The summed E-state index contributed by atoms with van der Waals surface area (Å²) in [6.07, 6.45) is 3.38. The molecule has 4 aromatic rings. The average Bonchev–Trinajstić information content (AvgIpc) is 3.21. The minimum atomic E-state index is -0.368. The Morgan fingerprint density at radius 1 is 1.03 bits per heavy atom. The summed E-state index contributed by atoms with van der Waals surface area (Å²) >= 11 is 0. The normalized spacial score (nSPS) is 19.2. The monoisotopic (exact) mass is 404 g/mol. The molecule has 2 aromatic carbocycles. The summed E-state index contributed by atoms with van der Waals surface area (Å²) in [6.45, 7) is 0. The van der Waals surface area contributed by atoms with Gasteiger partial charge in [-0.3, -0.25) is 9.59 Å². The van der Waals surface area contributed by atoms with Gasteiger partial charge in [-0.25, -0.2) is 9.49 Å². The quantitative estimate of drug-likeness (QED) is 0.482. The van der Waals surface area contributed by atoms with Crippen molar-refractivity contribution in [3.05, 3.63) is 76.1 Å². The Balaban J connectivity index is 1.28. The minimum Gasteiger partial charge on any atom is -0.348 e. The van der Waals surface area contributed by atoms with Crippen molar-refractivity contribution in [1.29, 1.82) is 0 Å². The second-order valence-electron chi connectivity index (χ2n) is 7.89. The van der Waals surface area contributed by atoms with Crippen LogP contribution >= 0.6 is 0 Å². The van der Waals surface area contributed by atoms with Crippen molar-refractivity contribution >= 4 is 27.6 Å². The molecule has 0 spiro atoms. The lowest BCUT2D eigenvalue weighted by Crippen LogP contribution is -2.37. The number of fused-ring (bicyclic) bond motifs is 2. The van der Waals surface area contributed by atoms with Gasteiger partial charge in [-0.1, -0.05) is 30.3 Å². The van der Waals surface area contributed by atoms with Gasteiger partial charge in [0.05, 0.1) is 16.6 Å². The number of halogens is 1. The third-order valence-electron chi connectivity index (χ3n) is 6.02. The maximum absolute atomic E-state index is 13.9. The second-order valence-corrected chi connectivity index (χ2v) is 7.89. The molecule has 3 N–H and O–H groups in total. The van der Waals surface area contributed by atoms with Gasteiger partial charge in [0.1, 0.15) is 11.5 Å². The maximum atomic E-state index is 13.9. The van der Waals surface area contributed by atoms with Crippen molar-refractivity contribution in [2.45, 2.75) is 37.6 Å². The van der Waals surface area contributed by atoms with Gasteiger partial charge >= 0.3 is 0 Å². The molecule has 2 aromatic heterocycles. The van der Waals surface area contributed by atoms with Crippen LogP contribution in [-0.4, -0.2) is 27.1 Å². The highest BCUT2D eigenvalue weighted by molar-refractivity contribution is 5.98. The van der Waals surface area contributed by atoms with E-state index >= 15 is 0 Å². The van der Waals surface area contributed by atoms with Crippen molar-refractivity contribution in [1.82, 2.24) is 20.5 Å². The van der Waals surface area contributed by atoms with Crippen molar-refractivity contribution in [3.63, 3.8) is 0 Å². The van der Waals surface area contributed by atoms with E-state index in [9.17, 15) is 14.0 Å². The Hall–Kier alpha value is -3.48. The number of aromatic nitrogens is 3. The first-order chi connectivity index (χ1) is 14.6. The smallest absolute Gasteiger partial charge is 0.272 e. The molecule has 7 heteroatoms. The molecule has 30 heavy (non-hydrogen) atoms. The fraction of sp³-hybridized carbons (Fsp3) is 0.261. The van der Waals surface area contributed by atoms with Crippen LogP contribution in [0, 0.1) is 5.82 Å². The van der Waals surface area contributed by atoms with Crippen molar-refractivity contribution in [2.75, 3.05) is 0 Å². The van der Waals surface area contributed by atoms with Gasteiger partial charge in [-0.05, 0) is 43.9 Å². The molecule has 0 aliphatic heterocycles. The third-order valence-corrected chi connectivity index (χ3v) is 6.02. The largest absolute Gasteiger partial charge is 0.348 e. The Bertz CT molecular complexity index is 1300. The molecule has 152 valence electrons. The van der Waals surface area contributed by atoms with Gasteiger partial charge in [0, 0.05) is 22.7 Å². The van der Waals surface area contributed by atoms with Gasteiger partial charge < -0.3 is 10.3 Å². The molecule has 1 saturated carbocycles. The van der Waals surface area contributed by atoms with E-state index in [4.69, 9.17) is 0 Å². The molecule has 5 rings (SSSR count). The van der Waals surface area contributed by atoms with E-state index < -0.39 is 0 Å². The van der Waals surface area contributed by atoms with Crippen LogP contribution < -0.4 is 10.9 Å². The van der Waals surface area contributed by atoms with Crippen molar-refractivity contribution in [2.24, 2.45) is 0 Å². The number of H-pyrrole nitrogens is 2. The summed E-state index contributed by atoms with van der Waals surface area (Å²) in [7, 11) is 0. The van der Waals surface area contributed by atoms with Gasteiger partial charge in [-0.15, -0.1) is 0 Å². The third kappa shape index (κ3) is 3.26. The van der Waals surface area contributed by atoms with Gasteiger partial charge in [0.15, 0.2) is 0 Å². The Kier molecular flexibility index (Phi) is 4.58. The molecule has 0 saturated heterocycles. The molecule has 1 aliphatic carbocycles. The lowest BCUT2D eigenvalue weighted by molar-refractivity contribution is 0.0921. The topological polar surface area (TPSA) is 90.6 Å². The van der Waals surface area contributed by atoms with E-state index in [1.165, 1.54) is 6.07 Å². The lowest BCUT2D eigenvalue weighted by Gasteiger charge is -2.29. The first-order valence-electron chi connectivity index (χ1n) is 10.2. The molecule has 1 amide bonds. The number of nitrogens with zero attached hydrogens (tertiary/aromatic N) is 1. The SMILES string of the molecule is O=C(NC1CCC(c2n[nH]c(=O)c3ccccc23)CC1)c1cc2cccc(F)c2[nH]1. The summed E-state index contributed by atoms with van der Waals surface area (Å²) < 4.78 is 13.9. The number of para-hydroxylation sites is 1. The molecule has 0 unspecified atom stereocenters. The van der Waals surface area contributed by atoms with E-state index in [1.54, 1.807) is 18.2 Å². The van der Waals surface area contributed by atoms with Crippen LogP contribution in [0.5, 0.6) is 0 Å². The zero-order valence-electron chi connectivity index (χ0n) is 16.2. The molecule has 1 aliphatic rings. The number of hydrogen-bond acceptors (Lipinski definition) is 3. The van der Waals surface area contributed by atoms with Gasteiger partial charge in [-0.2, -0.15) is 5.10 Å². The molecule has 1 fully saturated rings. The predicted octanol–water partition coefficient (Wildman–Crippen LogP) is 4.00. The second kappa shape index (κ2) is 7.40. The van der Waals surface area contributed by atoms with Crippen molar-refractivity contribution < 1.29 is 9.18 Å². The summed E-state index contributed by atoms with van der Waals surface area (Å²) in [4.78, 5) is 27.5. The van der Waals surface area contributed by atoms with Crippen LogP contribution in [0.2, 0.25) is 0 Å². The van der Waals surface area contributed by atoms with Crippen LogP contribution in [-0.2, 0) is 0 Å². The number of benzene rings is 2. The Morgan fingerprint density at radius 2 is 1.80 bits per heavy atom. The Morgan fingerprint density at radius 3 is 2.57 bits per heavy atom. The standard InChI is InChI=1S/C23H21FN4O2/c24-18-7-3-4-14-12-19(26-21(14)18)23(30)25-15-10-8-13(9-11-15)20-16-5-1-2-6-17(16)22(29)28-27-20/h1-7,12-13,15,26H,8-11H2,(H,25,30)(H,28,29). The number of aromatic amines is 2. The zero-order chi connectivity index (χ0) is 20.7. The predicted molar refractivity (Wildman–Crippen MR) is 113 cm³/mol. The molecule has 0 radical (unpaired) electrons. The first kappa shape index (κ1) is 18.5. The van der Waals surface area contributed by atoms with Crippen LogP contribution in [0.25, 0.3) is 21.7 Å². The van der Waals surface area contributed by atoms with Crippen molar-refractivity contribution in [3.8, 4) is 0 Å². The lowest BCUT2D eigenvalue weighted by atomic mass is 9.82. The minimum absolute atomic E-state index is 0.0547. The molecule has 6 nitrogen and oxygen atoms in total. The van der Waals surface area contributed by atoms with Crippen LogP contribution in [0.1, 0.15) is 47.8 Å². The van der Waals surface area contributed by atoms with Crippen LogP contribution in [0.15, 0.2) is 53.3 Å². The number of amides is 1. The molecule has 2 heterocycles. The van der Waals surface area contributed by atoms with E-state index in [0.29, 0.717) is 22.0 Å². The molecular weight excluding hydrogens is 383 g/mol.